The minimum absolute atomic E-state index is 0.145. The van der Waals surface area contributed by atoms with Crippen molar-refractivity contribution >= 4 is 5.78 Å². The summed E-state index contributed by atoms with van der Waals surface area (Å²) < 4.78 is 5.55. The highest BCUT2D eigenvalue weighted by atomic mass is 16.5. The number of Topliss-reactive ketones (excluding diaryl/α,β-unsaturated/α-hetero) is 1. The van der Waals surface area contributed by atoms with Crippen molar-refractivity contribution in [3.05, 3.63) is 35.9 Å². The van der Waals surface area contributed by atoms with Gasteiger partial charge in [0, 0.05) is 18.6 Å². The van der Waals surface area contributed by atoms with Crippen LogP contribution in [0.15, 0.2) is 30.3 Å². The van der Waals surface area contributed by atoms with Crippen LogP contribution in [-0.2, 0) is 4.74 Å². The van der Waals surface area contributed by atoms with Crippen molar-refractivity contribution in [3.63, 3.8) is 0 Å². The summed E-state index contributed by atoms with van der Waals surface area (Å²) >= 11 is 0. The molecule has 1 saturated heterocycles. The molecule has 0 amide bonds. The lowest BCUT2D eigenvalue weighted by Crippen LogP contribution is -2.22. The molecule has 1 aromatic carbocycles. The van der Waals surface area contributed by atoms with Crippen LogP contribution in [0, 0.1) is 0 Å². The van der Waals surface area contributed by atoms with Crippen molar-refractivity contribution < 1.29 is 9.53 Å². The van der Waals surface area contributed by atoms with E-state index in [9.17, 15) is 4.79 Å². The number of hydrogen-bond donors (Lipinski definition) is 0. The number of rotatable bonds is 3. The lowest BCUT2D eigenvalue weighted by Gasteiger charge is -2.21. The Balaban J connectivity index is 1.91. The third kappa shape index (κ3) is 2.90. The van der Waals surface area contributed by atoms with E-state index in [-0.39, 0.29) is 11.9 Å². The van der Waals surface area contributed by atoms with E-state index in [0.717, 1.165) is 25.0 Å². The zero-order valence-electron chi connectivity index (χ0n) is 8.82. The van der Waals surface area contributed by atoms with Gasteiger partial charge in [0.15, 0.2) is 5.78 Å². The molecule has 0 saturated carbocycles. The van der Waals surface area contributed by atoms with E-state index < -0.39 is 0 Å². The van der Waals surface area contributed by atoms with Crippen molar-refractivity contribution in [1.82, 2.24) is 0 Å². The molecule has 0 bridgehead atoms. The lowest BCUT2D eigenvalue weighted by molar-refractivity contribution is 0.0129. The van der Waals surface area contributed by atoms with Crippen LogP contribution in [-0.4, -0.2) is 18.5 Å². The van der Waals surface area contributed by atoms with Gasteiger partial charge in [-0.05, 0) is 19.3 Å². The maximum atomic E-state index is 11.8. The minimum Gasteiger partial charge on any atom is -0.378 e. The van der Waals surface area contributed by atoms with E-state index in [4.69, 9.17) is 4.74 Å². The molecule has 2 nitrogen and oxygen atoms in total. The molecule has 0 N–H and O–H groups in total. The van der Waals surface area contributed by atoms with Crippen LogP contribution in [0.5, 0.6) is 0 Å². The van der Waals surface area contributed by atoms with Gasteiger partial charge in [0.05, 0.1) is 6.10 Å². The second-order valence-corrected chi connectivity index (χ2v) is 3.98. The fourth-order valence-electron chi connectivity index (χ4n) is 1.92. The van der Waals surface area contributed by atoms with Gasteiger partial charge in [-0.2, -0.15) is 0 Å². The molecule has 1 heterocycles. The quantitative estimate of drug-likeness (QED) is 0.708. The molecule has 1 aliphatic rings. The number of benzene rings is 1. The minimum atomic E-state index is 0.145. The van der Waals surface area contributed by atoms with E-state index in [0.29, 0.717) is 6.42 Å². The van der Waals surface area contributed by atoms with Gasteiger partial charge < -0.3 is 4.74 Å². The second kappa shape index (κ2) is 5.08. The van der Waals surface area contributed by atoms with Crippen molar-refractivity contribution in [2.24, 2.45) is 0 Å². The third-order valence-corrected chi connectivity index (χ3v) is 2.78. The van der Waals surface area contributed by atoms with Crippen LogP contribution >= 0.6 is 0 Å². The molecular weight excluding hydrogens is 188 g/mol. The highest BCUT2D eigenvalue weighted by Crippen LogP contribution is 2.17. The van der Waals surface area contributed by atoms with Crippen LogP contribution in [0.25, 0.3) is 0 Å². The summed E-state index contributed by atoms with van der Waals surface area (Å²) in [7, 11) is 0. The lowest BCUT2D eigenvalue weighted by atomic mass is 10.0. The Kier molecular flexibility index (Phi) is 3.51. The molecule has 15 heavy (non-hydrogen) atoms. The van der Waals surface area contributed by atoms with Gasteiger partial charge >= 0.3 is 0 Å². The first-order valence-corrected chi connectivity index (χ1v) is 5.56. The average Bonchev–Trinajstić information content (AvgIpc) is 2.31. The summed E-state index contributed by atoms with van der Waals surface area (Å²) in [6.07, 6.45) is 4.03. The summed E-state index contributed by atoms with van der Waals surface area (Å²) in [5.74, 6) is 0.197. The summed E-state index contributed by atoms with van der Waals surface area (Å²) in [6.45, 7) is 0.812. The molecule has 2 rings (SSSR count). The van der Waals surface area contributed by atoms with Crippen LogP contribution in [0.4, 0.5) is 0 Å². The average molecular weight is 204 g/mol. The zero-order chi connectivity index (χ0) is 10.5. The predicted molar refractivity (Wildman–Crippen MR) is 59.0 cm³/mol. The molecule has 1 fully saturated rings. The smallest absolute Gasteiger partial charge is 0.165 e. The summed E-state index contributed by atoms with van der Waals surface area (Å²) in [5.41, 5.74) is 0.798. The molecule has 0 aliphatic carbocycles. The normalized spacial score (nSPS) is 21.2. The van der Waals surface area contributed by atoms with Gasteiger partial charge in [0.1, 0.15) is 0 Å². The largest absolute Gasteiger partial charge is 0.378 e. The van der Waals surface area contributed by atoms with E-state index >= 15 is 0 Å². The summed E-state index contributed by atoms with van der Waals surface area (Å²) in [6, 6.07) is 9.45. The molecule has 2 heteroatoms. The second-order valence-electron chi connectivity index (χ2n) is 3.98. The Labute approximate surface area is 90.3 Å². The van der Waals surface area contributed by atoms with E-state index in [1.165, 1.54) is 6.42 Å². The third-order valence-electron chi connectivity index (χ3n) is 2.78. The van der Waals surface area contributed by atoms with Crippen LogP contribution in [0.3, 0.4) is 0 Å². The highest BCUT2D eigenvalue weighted by Gasteiger charge is 2.18. The van der Waals surface area contributed by atoms with E-state index in [1.54, 1.807) is 0 Å². The predicted octanol–water partition coefficient (Wildman–Crippen LogP) is 2.83. The topological polar surface area (TPSA) is 26.3 Å². The van der Waals surface area contributed by atoms with E-state index in [1.807, 2.05) is 30.3 Å². The Hall–Kier alpha value is -1.15. The van der Waals surface area contributed by atoms with Gasteiger partial charge in [-0.15, -0.1) is 0 Å². The van der Waals surface area contributed by atoms with Gasteiger partial charge in [0.2, 0.25) is 0 Å². The maximum absolute atomic E-state index is 11.8. The summed E-state index contributed by atoms with van der Waals surface area (Å²) in [5, 5.41) is 0. The Bertz CT molecular complexity index is 313. The van der Waals surface area contributed by atoms with Gasteiger partial charge in [-0.1, -0.05) is 30.3 Å². The number of carbonyl (C=O) groups excluding carboxylic acids is 1. The Morgan fingerprint density at radius 3 is 2.73 bits per heavy atom. The number of ether oxygens (including phenoxy) is 1. The summed E-state index contributed by atoms with van der Waals surface area (Å²) in [4.78, 5) is 11.8. The highest BCUT2D eigenvalue weighted by molar-refractivity contribution is 5.96. The first-order valence-electron chi connectivity index (χ1n) is 5.56. The molecule has 0 aromatic heterocycles. The Morgan fingerprint density at radius 1 is 1.27 bits per heavy atom. The number of ketones is 1. The van der Waals surface area contributed by atoms with Crippen LogP contribution in [0.2, 0.25) is 0 Å². The standard InChI is InChI=1S/C13H16O2/c14-13(11-6-2-1-3-7-11)10-12-8-4-5-9-15-12/h1-3,6-7,12H,4-5,8-10H2. The number of carbonyl (C=O) groups is 1. The van der Waals surface area contributed by atoms with Gasteiger partial charge in [-0.25, -0.2) is 0 Å². The fraction of sp³-hybridized carbons (Fsp3) is 0.462. The molecule has 1 aromatic rings. The molecular formula is C13H16O2. The molecule has 80 valence electrons. The first kappa shape index (κ1) is 10.4. The van der Waals surface area contributed by atoms with Crippen molar-refractivity contribution in [2.75, 3.05) is 6.61 Å². The first-order chi connectivity index (χ1) is 7.36. The number of hydrogen-bond acceptors (Lipinski definition) is 2. The fourth-order valence-corrected chi connectivity index (χ4v) is 1.92. The molecule has 1 atom stereocenters. The molecule has 1 unspecified atom stereocenters. The SMILES string of the molecule is O=C(CC1CCCCO1)c1ccccc1. The van der Waals surface area contributed by atoms with Crippen LogP contribution in [0.1, 0.15) is 36.0 Å². The van der Waals surface area contributed by atoms with E-state index in [2.05, 4.69) is 0 Å². The van der Waals surface area contributed by atoms with Crippen molar-refractivity contribution in [2.45, 2.75) is 31.8 Å². The Morgan fingerprint density at radius 2 is 2.07 bits per heavy atom. The molecule has 1 aliphatic heterocycles. The van der Waals surface area contributed by atoms with Gasteiger partial charge in [0.25, 0.3) is 0 Å². The van der Waals surface area contributed by atoms with Gasteiger partial charge in [-0.3, -0.25) is 4.79 Å². The van der Waals surface area contributed by atoms with Crippen LogP contribution < -0.4 is 0 Å². The maximum Gasteiger partial charge on any atom is 0.165 e. The van der Waals surface area contributed by atoms with Crippen molar-refractivity contribution in [3.8, 4) is 0 Å². The monoisotopic (exact) mass is 204 g/mol. The molecule has 0 radical (unpaired) electrons. The zero-order valence-corrected chi connectivity index (χ0v) is 8.82. The molecule has 0 spiro atoms. The van der Waals surface area contributed by atoms with Crippen molar-refractivity contribution in [1.29, 1.82) is 0 Å².